The number of hydrogen-bond acceptors (Lipinski definition) is 6. The molecular weight excluding hydrogens is 306 g/mol. The minimum atomic E-state index is -0.371. The molecule has 0 radical (unpaired) electrons. The summed E-state index contributed by atoms with van der Waals surface area (Å²) in [6.07, 6.45) is 1.55. The summed E-state index contributed by atoms with van der Waals surface area (Å²) < 4.78 is 6.64. The summed E-state index contributed by atoms with van der Waals surface area (Å²) in [4.78, 5) is 24.0. The van der Waals surface area contributed by atoms with E-state index in [9.17, 15) is 4.79 Å². The van der Waals surface area contributed by atoms with Crippen LogP contribution in [0, 0.1) is 11.8 Å². The second kappa shape index (κ2) is 6.79. The van der Waals surface area contributed by atoms with Gasteiger partial charge in [0, 0.05) is 19.5 Å². The quantitative estimate of drug-likeness (QED) is 0.585. The summed E-state index contributed by atoms with van der Waals surface area (Å²) in [6.45, 7) is 1.39. The van der Waals surface area contributed by atoms with E-state index < -0.39 is 0 Å². The third-order valence-electron chi connectivity index (χ3n) is 3.20. The Morgan fingerprint density at radius 1 is 1.25 bits per heavy atom. The van der Waals surface area contributed by atoms with Crippen LogP contribution in [0.15, 0.2) is 36.7 Å². The third-order valence-corrected chi connectivity index (χ3v) is 3.20. The summed E-state index contributed by atoms with van der Waals surface area (Å²) in [7, 11) is 1.75. The van der Waals surface area contributed by atoms with Gasteiger partial charge in [-0.25, -0.2) is 15.0 Å². The molecule has 7 heteroatoms. The van der Waals surface area contributed by atoms with E-state index in [1.54, 1.807) is 17.9 Å². The number of carbonyl (C=O) groups excluding carboxylic acids is 1. The Kier molecular flexibility index (Phi) is 4.38. The molecule has 3 aromatic rings. The van der Waals surface area contributed by atoms with Crippen LogP contribution in [0.5, 0.6) is 0 Å². The molecule has 0 spiro atoms. The zero-order chi connectivity index (χ0) is 16.9. The van der Waals surface area contributed by atoms with Crippen LogP contribution in [0.3, 0.4) is 0 Å². The molecule has 0 aliphatic heterocycles. The zero-order valence-electron chi connectivity index (χ0n) is 13.3. The maximum absolute atomic E-state index is 11.0. The van der Waals surface area contributed by atoms with Gasteiger partial charge in [-0.15, -0.1) is 0 Å². The van der Waals surface area contributed by atoms with Gasteiger partial charge in [-0.05, 0) is 18.1 Å². The molecular formula is C17H15N5O2. The van der Waals surface area contributed by atoms with Gasteiger partial charge in [0.15, 0.2) is 23.7 Å². The Morgan fingerprint density at radius 2 is 2.04 bits per heavy atom. The minimum Gasteiger partial charge on any atom is -0.444 e. The molecule has 24 heavy (non-hydrogen) atoms. The first-order chi connectivity index (χ1) is 11.7. The van der Waals surface area contributed by atoms with Gasteiger partial charge in [-0.1, -0.05) is 24.1 Å². The van der Waals surface area contributed by atoms with Crippen molar-refractivity contribution in [2.45, 2.75) is 13.7 Å². The monoisotopic (exact) mass is 321 g/mol. The SMILES string of the molecule is CNc1nc(C#Cc2ccccc2)nc2c1ncn2COC(C)=O. The van der Waals surface area contributed by atoms with Crippen LogP contribution in [0.25, 0.3) is 11.2 Å². The van der Waals surface area contributed by atoms with Crippen LogP contribution < -0.4 is 5.32 Å². The van der Waals surface area contributed by atoms with Crippen molar-refractivity contribution >= 4 is 23.0 Å². The molecule has 1 N–H and O–H groups in total. The van der Waals surface area contributed by atoms with Gasteiger partial charge in [0.1, 0.15) is 0 Å². The molecule has 0 unspecified atom stereocenters. The topological polar surface area (TPSA) is 81.9 Å². The zero-order valence-corrected chi connectivity index (χ0v) is 13.3. The first-order valence-electron chi connectivity index (χ1n) is 7.28. The fraction of sp³-hybridized carbons (Fsp3) is 0.176. The number of rotatable bonds is 3. The number of fused-ring (bicyclic) bond motifs is 1. The van der Waals surface area contributed by atoms with Crippen molar-refractivity contribution in [3.63, 3.8) is 0 Å². The van der Waals surface area contributed by atoms with Gasteiger partial charge >= 0.3 is 5.97 Å². The number of nitrogens with one attached hydrogen (secondary N) is 1. The Hall–Kier alpha value is -3.40. The molecule has 7 nitrogen and oxygen atoms in total. The lowest BCUT2D eigenvalue weighted by molar-refractivity contribution is -0.144. The van der Waals surface area contributed by atoms with Crippen LogP contribution in [-0.2, 0) is 16.3 Å². The molecule has 0 bridgehead atoms. The van der Waals surface area contributed by atoms with E-state index in [0.717, 1.165) is 5.56 Å². The van der Waals surface area contributed by atoms with E-state index in [1.165, 1.54) is 6.92 Å². The lowest BCUT2D eigenvalue weighted by Crippen LogP contribution is -2.07. The first-order valence-corrected chi connectivity index (χ1v) is 7.28. The van der Waals surface area contributed by atoms with Gasteiger partial charge in [-0.2, -0.15) is 0 Å². The normalized spacial score (nSPS) is 10.1. The van der Waals surface area contributed by atoms with Crippen LogP contribution in [0.2, 0.25) is 0 Å². The van der Waals surface area contributed by atoms with Gasteiger partial charge in [-0.3, -0.25) is 9.36 Å². The van der Waals surface area contributed by atoms with Crippen molar-refractivity contribution in [3.8, 4) is 11.8 Å². The number of ether oxygens (including phenoxy) is 1. The fourth-order valence-corrected chi connectivity index (χ4v) is 2.08. The predicted octanol–water partition coefficient (Wildman–Crippen LogP) is 1.79. The number of imidazole rings is 1. The molecule has 0 saturated carbocycles. The number of aromatic nitrogens is 4. The van der Waals surface area contributed by atoms with Crippen molar-refractivity contribution in [2.75, 3.05) is 12.4 Å². The van der Waals surface area contributed by atoms with Gasteiger partial charge < -0.3 is 10.1 Å². The summed E-state index contributed by atoms with van der Waals surface area (Å²) in [5, 5.41) is 2.98. The molecule has 2 aromatic heterocycles. The molecule has 2 heterocycles. The molecule has 1 aromatic carbocycles. The minimum absolute atomic E-state index is 0.0392. The molecule has 0 aliphatic rings. The molecule has 0 atom stereocenters. The summed E-state index contributed by atoms with van der Waals surface area (Å²) >= 11 is 0. The smallest absolute Gasteiger partial charge is 0.304 e. The molecule has 0 aliphatic carbocycles. The molecule has 120 valence electrons. The largest absolute Gasteiger partial charge is 0.444 e. The first kappa shape index (κ1) is 15.5. The third kappa shape index (κ3) is 3.33. The predicted molar refractivity (Wildman–Crippen MR) is 89.1 cm³/mol. The number of anilines is 1. The Bertz CT molecular complexity index is 938. The number of carbonyl (C=O) groups is 1. The number of benzene rings is 1. The lowest BCUT2D eigenvalue weighted by Gasteiger charge is -2.05. The van der Waals surface area contributed by atoms with Crippen LogP contribution in [0.4, 0.5) is 5.82 Å². The molecule has 0 amide bonds. The molecule has 0 fully saturated rings. The molecule has 0 saturated heterocycles. The van der Waals surface area contributed by atoms with Crippen molar-refractivity contribution < 1.29 is 9.53 Å². The van der Waals surface area contributed by atoms with Crippen LogP contribution in [0.1, 0.15) is 18.3 Å². The van der Waals surface area contributed by atoms with Crippen molar-refractivity contribution in [3.05, 3.63) is 48.0 Å². The van der Waals surface area contributed by atoms with E-state index in [2.05, 4.69) is 32.1 Å². The second-order valence-electron chi connectivity index (χ2n) is 4.91. The van der Waals surface area contributed by atoms with E-state index in [4.69, 9.17) is 4.74 Å². The van der Waals surface area contributed by atoms with E-state index >= 15 is 0 Å². The van der Waals surface area contributed by atoms with Crippen molar-refractivity contribution in [2.24, 2.45) is 0 Å². The maximum Gasteiger partial charge on any atom is 0.304 e. The average molecular weight is 321 g/mol. The number of nitrogens with zero attached hydrogens (tertiary/aromatic N) is 4. The highest BCUT2D eigenvalue weighted by atomic mass is 16.5. The summed E-state index contributed by atoms with van der Waals surface area (Å²) in [6, 6.07) is 9.59. The van der Waals surface area contributed by atoms with E-state index in [0.29, 0.717) is 22.8 Å². The van der Waals surface area contributed by atoms with E-state index in [-0.39, 0.29) is 12.7 Å². The number of esters is 1. The summed E-state index contributed by atoms with van der Waals surface area (Å²) in [5.74, 6) is 6.53. The Labute approximate surface area is 138 Å². The lowest BCUT2D eigenvalue weighted by atomic mass is 10.2. The second-order valence-corrected chi connectivity index (χ2v) is 4.91. The maximum atomic E-state index is 11.0. The molecule has 3 rings (SSSR count). The highest BCUT2D eigenvalue weighted by molar-refractivity contribution is 5.83. The van der Waals surface area contributed by atoms with E-state index in [1.807, 2.05) is 30.3 Å². The van der Waals surface area contributed by atoms with Crippen LogP contribution >= 0.6 is 0 Å². The standard InChI is InChI=1S/C17H15N5O2/c1-12(23)24-11-22-10-19-15-16(18-2)20-14(21-17(15)22)9-8-13-6-4-3-5-7-13/h3-7,10H,11H2,1-2H3,(H,18,20,21). The Morgan fingerprint density at radius 3 is 2.75 bits per heavy atom. The van der Waals surface area contributed by atoms with Gasteiger partial charge in [0.2, 0.25) is 5.82 Å². The highest BCUT2D eigenvalue weighted by Gasteiger charge is 2.12. The Balaban J connectivity index is 2.01. The van der Waals surface area contributed by atoms with Gasteiger partial charge in [0.25, 0.3) is 0 Å². The van der Waals surface area contributed by atoms with Crippen molar-refractivity contribution in [1.82, 2.24) is 19.5 Å². The number of hydrogen-bond donors (Lipinski definition) is 1. The van der Waals surface area contributed by atoms with Crippen LogP contribution in [-0.4, -0.2) is 32.5 Å². The summed E-state index contributed by atoms with van der Waals surface area (Å²) in [5.41, 5.74) is 2.02. The van der Waals surface area contributed by atoms with Crippen molar-refractivity contribution in [1.29, 1.82) is 0 Å². The average Bonchev–Trinajstić information content (AvgIpc) is 3.01. The highest BCUT2D eigenvalue weighted by Crippen LogP contribution is 2.18. The fourth-order valence-electron chi connectivity index (χ4n) is 2.08. The van der Waals surface area contributed by atoms with Gasteiger partial charge in [0.05, 0.1) is 6.33 Å².